The Labute approximate surface area is 189 Å². The molecular formula is C26H32N2O4. The van der Waals surface area contributed by atoms with E-state index in [0.717, 1.165) is 63.3 Å². The molecule has 0 saturated carbocycles. The van der Waals surface area contributed by atoms with Crippen molar-refractivity contribution in [1.29, 1.82) is 0 Å². The van der Waals surface area contributed by atoms with E-state index in [2.05, 4.69) is 13.0 Å². The molecule has 1 aliphatic heterocycles. The van der Waals surface area contributed by atoms with Crippen LogP contribution in [0, 0.1) is 13.8 Å². The zero-order valence-electron chi connectivity index (χ0n) is 20.1. The standard InChI is InChI=1S/C26H32N2O4/c1-15-17-9-8-12-31-20(17)14-21(32-26(3,4)5)23(15)24-18-10-11-28(6)25(18)27-16(2)19(24)13-22(29)30-7/h10-11,14H,8-9,12-13H2,1-7H3. The maximum absolute atomic E-state index is 12.4. The second kappa shape index (κ2) is 8.15. The van der Waals surface area contributed by atoms with Crippen molar-refractivity contribution in [3.05, 3.63) is 40.7 Å². The van der Waals surface area contributed by atoms with Gasteiger partial charge in [-0.05, 0) is 70.2 Å². The van der Waals surface area contributed by atoms with E-state index >= 15 is 0 Å². The maximum Gasteiger partial charge on any atom is 0.310 e. The van der Waals surface area contributed by atoms with Crippen molar-refractivity contribution in [2.24, 2.45) is 7.05 Å². The lowest BCUT2D eigenvalue weighted by Gasteiger charge is -2.29. The number of hydrogen-bond acceptors (Lipinski definition) is 5. The van der Waals surface area contributed by atoms with Gasteiger partial charge in [-0.15, -0.1) is 0 Å². The highest BCUT2D eigenvalue weighted by atomic mass is 16.5. The van der Waals surface area contributed by atoms with Crippen LogP contribution < -0.4 is 9.47 Å². The number of carbonyl (C=O) groups is 1. The first-order chi connectivity index (χ1) is 15.1. The van der Waals surface area contributed by atoms with Crippen molar-refractivity contribution in [2.45, 2.75) is 59.5 Å². The van der Waals surface area contributed by atoms with E-state index in [4.69, 9.17) is 19.2 Å². The highest BCUT2D eigenvalue weighted by Crippen LogP contribution is 2.46. The molecule has 0 N–H and O–H groups in total. The predicted molar refractivity (Wildman–Crippen MR) is 126 cm³/mol. The summed E-state index contributed by atoms with van der Waals surface area (Å²) < 4.78 is 19.5. The van der Waals surface area contributed by atoms with Crippen molar-refractivity contribution in [2.75, 3.05) is 13.7 Å². The van der Waals surface area contributed by atoms with Crippen molar-refractivity contribution >= 4 is 17.0 Å². The van der Waals surface area contributed by atoms with Crippen LogP contribution in [0.15, 0.2) is 18.3 Å². The summed E-state index contributed by atoms with van der Waals surface area (Å²) in [6, 6.07) is 4.09. The molecule has 1 aliphatic rings. The summed E-state index contributed by atoms with van der Waals surface area (Å²) in [5.41, 5.74) is 6.49. The first-order valence-electron chi connectivity index (χ1n) is 11.1. The first kappa shape index (κ1) is 22.2. The molecule has 6 nitrogen and oxygen atoms in total. The van der Waals surface area contributed by atoms with E-state index in [1.54, 1.807) is 0 Å². The minimum atomic E-state index is -0.398. The molecule has 3 aromatic rings. The molecule has 0 bridgehead atoms. The van der Waals surface area contributed by atoms with E-state index in [9.17, 15) is 4.79 Å². The number of aromatic nitrogens is 2. The predicted octanol–water partition coefficient (Wildman–Crippen LogP) is 5.07. The van der Waals surface area contributed by atoms with Crippen LogP contribution in [0.1, 0.15) is 49.6 Å². The molecule has 0 aliphatic carbocycles. The molecule has 170 valence electrons. The summed E-state index contributed by atoms with van der Waals surface area (Å²) in [5.74, 6) is 1.36. The minimum absolute atomic E-state index is 0.150. The zero-order chi connectivity index (χ0) is 23.2. The monoisotopic (exact) mass is 436 g/mol. The molecule has 6 heteroatoms. The van der Waals surface area contributed by atoms with Crippen LogP contribution in [0.5, 0.6) is 11.5 Å². The van der Waals surface area contributed by atoms with E-state index in [1.165, 1.54) is 12.7 Å². The molecule has 0 atom stereocenters. The third kappa shape index (κ3) is 3.94. The molecule has 0 amide bonds. The number of methoxy groups -OCH3 is 1. The van der Waals surface area contributed by atoms with Gasteiger partial charge in [-0.1, -0.05) is 0 Å². The van der Waals surface area contributed by atoms with E-state index in [-0.39, 0.29) is 12.4 Å². The van der Waals surface area contributed by atoms with Crippen molar-refractivity contribution in [3.8, 4) is 22.6 Å². The number of benzene rings is 1. The van der Waals surface area contributed by atoms with Gasteiger partial charge in [0.1, 0.15) is 22.7 Å². The molecule has 2 aromatic heterocycles. The van der Waals surface area contributed by atoms with Gasteiger partial charge >= 0.3 is 5.97 Å². The van der Waals surface area contributed by atoms with Gasteiger partial charge in [0.25, 0.3) is 0 Å². The topological polar surface area (TPSA) is 62.6 Å². The molecule has 0 unspecified atom stereocenters. The van der Waals surface area contributed by atoms with Crippen LogP contribution in [-0.4, -0.2) is 34.8 Å². The van der Waals surface area contributed by atoms with Crippen molar-refractivity contribution in [1.82, 2.24) is 9.55 Å². The van der Waals surface area contributed by atoms with Gasteiger partial charge < -0.3 is 18.8 Å². The Kier molecular flexibility index (Phi) is 5.65. The van der Waals surface area contributed by atoms with Gasteiger partial charge in [-0.2, -0.15) is 0 Å². The van der Waals surface area contributed by atoms with Crippen LogP contribution in [0.2, 0.25) is 0 Å². The lowest BCUT2D eigenvalue weighted by atomic mass is 9.87. The number of fused-ring (bicyclic) bond motifs is 2. The average Bonchev–Trinajstić information content (AvgIpc) is 3.08. The number of aryl methyl sites for hydroxylation is 2. The second-order valence-corrected chi connectivity index (χ2v) is 9.49. The number of ether oxygens (including phenoxy) is 3. The molecule has 0 saturated heterocycles. The fourth-order valence-corrected chi connectivity index (χ4v) is 4.53. The normalized spacial score (nSPS) is 13.6. The third-order valence-electron chi connectivity index (χ3n) is 6.00. The maximum atomic E-state index is 12.4. The number of carbonyl (C=O) groups excluding carboxylic acids is 1. The second-order valence-electron chi connectivity index (χ2n) is 9.49. The smallest absolute Gasteiger partial charge is 0.310 e. The number of rotatable bonds is 4. The zero-order valence-corrected chi connectivity index (χ0v) is 20.1. The molecule has 0 radical (unpaired) electrons. The SMILES string of the molecule is COC(=O)Cc1c(C)nc2c(ccn2C)c1-c1c(OC(C)(C)C)cc2c(c1C)CCCO2. The van der Waals surface area contributed by atoms with Gasteiger partial charge in [0, 0.05) is 41.5 Å². The number of esters is 1. The van der Waals surface area contributed by atoms with Gasteiger partial charge in [0.05, 0.1) is 20.1 Å². The fourth-order valence-electron chi connectivity index (χ4n) is 4.53. The molecule has 0 fully saturated rings. The van der Waals surface area contributed by atoms with Crippen LogP contribution in [-0.2, 0) is 29.4 Å². The van der Waals surface area contributed by atoms with E-state index in [0.29, 0.717) is 6.61 Å². The Bertz CT molecular complexity index is 1200. The number of nitrogens with zero attached hydrogens (tertiary/aromatic N) is 2. The van der Waals surface area contributed by atoms with Crippen LogP contribution in [0.3, 0.4) is 0 Å². The Morgan fingerprint density at radius 3 is 2.69 bits per heavy atom. The summed E-state index contributed by atoms with van der Waals surface area (Å²) >= 11 is 0. The van der Waals surface area contributed by atoms with Crippen molar-refractivity contribution in [3.63, 3.8) is 0 Å². The largest absolute Gasteiger partial charge is 0.493 e. The number of hydrogen-bond donors (Lipinski definition) is 0. The fraction of sp³-hybridized carbons (Fsp3) is 0.462. The summed E-state index contributed by atoms with van der Waals surface area (Å²) in [6.07, 6.45) is 4.09. The lowest BCUT2D eigenvalue weighted by Crippen LogP contribution is -2.24. The Morgan fingerprint density at radius 1 is 1.25 bits per heavy atom. The van der Waals surface area contributed by atoms with Gasteiger partial charge in [-0.25, -0.2) is 4.98 Å². The lowest BCUT2D eigenvalue weighted by molar-refractivity contribution is -0.139. The molecule has 32 heavy (non-hydrogen) atoms. The summed E-state index contributed by atoms with van der Waals surface area (Å²) in [5, 5.41) is 0.996. The molecule has 0 spiro atoms. The summed E-state index contributed by atoms with van der Waals surface area (Å²) in [4.78, 5) is 17.2. The van der Waals surface area contributed by atoms with E-state index in [1.807, 2.05) is 51.6 Å². The van der Waals surface area contributed by atoms with Crippen LogP contribution in [0.4, 0.5) is 0 Å². The summed E-state index contributed by atoms with van der Waals surface area (Å²) in [7, 11) is 3.40. The summed E-state index contributed by atoms with van der Waals surface area (Å²) in [6.45, 7) is 10.9. The van der Waals surface area contributed by atoms with Crippen LogP contribution in [0.25, 0.3) is 22.2 Å². The van der Waals surface area contributed by atoms with Gasteiger partial charge in [-0.3, -0.25) is 4.79 Å². The molecular weight excluding hydrogens is 404 g/mol. The van der Waals surface area contributed by atoms with E-state index < -0.39 is 5.60 Å². The Balaban J connectivity index is 2.11. The quantitative estimate of drug-likeness (QED) is 0.534. The molecule has 3 heterocycles. The first-order valence-corrected chi connectivity index (χ1v) is 11.1. The minimum Gasteiger partial charge on any atom is -0.493 e. The third-order valence-corrected chi connectivity index (χ3v) is 6.00. The van der Waals surface area contributed by atoms with Gasteiger partial charge in [0.2, 0.25) is 0 Å². The molecule has 1 aromatic carbocycles. The Morgan fingerprint density at radius 2 is 2.00 bits per heavy atom. The average molecular weight is 437 g/mol. The Hall–Kier alpha value is -3.02. The van der Waals surface area contributed by atoms with Crippen molar-refractivity contribution < 1.29 is 19.0 Å². The van der Waals surface area contributed by atoms with Gasteiger partial charge in [0.15, 0.2) is 0 Å². The highest BCUT2D eigenvalue weighted by Gasteiger charge is 2.28. The highest BCUT2D eigenvalue weighted by molar-refractivity contribution is 6.00. The van der Waals surface area contributed by atoms with Crippen LogP contribution >= 0.6 is 0 Å². The number of pyridine rings is 1. The molecule has 4 rings (SSSR count).